The summed E-state index contributed by atoms with van der Waals surface area (Å²) >= 11 is 0. The van der Waals surface area contributed by atoms with Gasteiger partial charge in [0.2, 0.25) is 0 Å². The van der Waals surface area contributed by atoms with E-state index in [2.05, 4.69) is 10.1 Å². The molecule has 0 saturated heterocycles. The molecule has 1 N–H and O–H groups in total. The molecule has 0 fully saturated rings. The van der Waals surface area contributed by atoms with Crippen LogP contribution in [0.4, 0.5) is 14.5 Å². The van der Waals surface area contributed by atoms with Crippen molar-refractivity contribution in [2.45, 2.75) is 40.4 Å². The molecule has 1 atom stereocenters. The molecule has 0 spiro atoms. The van der Waals surface area contributed by atoms with Crippen molar-refractivity contribution in [2.24, 2.45) is 0 Å². The standard InChI is InChI=1S/C18H19F2NO5/c1-9-10(2)24-11(3)15(9)17(23)25-12(4)16(22)21-13-7-5-6-8-14(13)26-18(19)20/h5-8,12,18H,1-4H3,(H,21,22)/t12-/m0/s1. The summed E-state index contributed by atoms with van der Waals surface area (Å²) in [5.74, 6) is -0.583. The van der Waals surface area contributed by atoms with Crippen molar-refractivity contribution >= 4 is 17.6 Å². The molecule has 0 unspecified atom stereocenters. The van der Waals surface area contributed by atoms with Gasteiger partial charge in [-0.3, -0.25) is 4.79 Å². The lowest BCUT2D eigenvalue weighted by Crippen LogP contribution is -2.30. The zero-order valence-electron chi connectivity index (χ0n) is 14.8. The third-order valence-corrected chi connectivity index (χ3v) is 3.78. The van der Waals surface area contributed by atoms with Crippen LogP contribution in [0, 0.1) is 20.8 Å². The maximum Gasteiger partial charge on any atom is 0.387 e. The first kappa shape index (κ1) is 19.4. The fraction of sp³-hybridized carbons (Fsp3) is 0.333. The second kappa shape index (κ2) is 7.99. The van der Waals surface area contributed by atoms with Crippen molar-refractivity contribution in [3.63, 3.8) is 0 Å². The van der Waals surface area contributed by atoms with Crippen LogP contribution in [0.15, 0.2) is 28.7 Å². The van der Waals surface area contributed by atoms with Gasteiger partial charge in [-0.15, -0.1) is 0 Å². The molecule has 0 aliphatic carbocycles. The van der Waals surface area contributed by atoms with E-state index in [4.69, 9.17) is 9.15 Å². The summed E-state index contributed by atoms with van der Waals surface area (Å²) in [5, 5.41) is 2.41. The minimum atomic E-state index is -3.03. The molecular formula is C18H19F2NO5. The largest absolute Gasteiger partial charge is 0.465 e. The summed E-state index contributed by atoms with van der Waals surface area (Å²) in [6.07, 6.45) is -1.16. The van der Waals surface area contributed by atoms with Crippen molar-refractivity contribution in [3.8, 4) is 5.75 Å². The number of ether oxygens (including phenoxy) is 2. The molecule has 2 rings (SSSR count). The third kappa shape index (κ3) is 4.38. The normalized spacial score (nSPS) is 12.0. The Labute approximate surface area is 149 Å². The van der Waals surface area contributed by atoms with E-state index in [0.29, 0.717) is 17.1 Å². The molecule has 8 heteroatoms. The average molecular weight is 367 g/mol. The number of para-hydroxylation sites is 2. The van der Waals surface area contributed by atoms with Crippen LogP contribution in [0.5, 0.6) is 5.75 Å². The Morgan fingerprint density at radius 1 is 1.12 bits per heavy atom. The fourth-order valence-electron chi connectivity index (χ4n) is 2.37. The molecule has 2 aromatic rings. The highest BCUT2D eigenvalue weighted by Gasteiger charge is 2.25. The molecule has 1 aromatic heterocycles. The molecule has 140 valence electrons. The fourth-order valence-corrected chi connectivity index (χ4v) is 2.37. The van der Waals surface area contributed by atoms with Crippen molar-refractivity contribution < 1.29 is 32.3 Å². The van der Waals surface area contributed by atoms with Crippen LogP contribution in [0.2, 0.25) is 0 Å². The number of carbonyl (C=O) groups excluding carboxylic acids is 2. The van der Waals surface area contributed by atoms with Gasteiger partial charge in [-0.1, -0.05) is 12.1 Å². The molecular weight excluding hydrogens is 348 g/mol. The predicted octanol–water partition coefficient (Wildman–Crippen LogP) is 3.99. The van der Waals surface area contributed by atoms with Gasteiger partial charge in [-0.25, -0.2) is 4.79 Å². The number of furan rings is 1. The van der Waals surface area contributed by atoms with Crippen LogP contribution in [-0.4, -0.2) is 24.6 Å². The molecule has 0 aliphatic rings. The lowest BCUT2D eigenvalue weighted by molar-refractivity contribution is -0.123. The van der Waals surface area contributed by atoms with Gasteiger partial charge < -0.3 is 19.2 Å². The average Bonchev–Trinajstić information content (AvgIpc) is 2.81. The zero-order chi connectivity index (χ0) is 19.4. The van der Waals surface area contributed by atoms with E-state index in [1.54, 1.807) is 26.8 Å². The quantitative estimate of drug-likeness (QED) is 0.781. The number of hydrogen-bond acceptors (Lipinski definition) is 5. The molecule has 1 amide bonds. The summed E-state index contributed by atoms with van der Waals surface area (Å²) in [6.45, 7) is 3.40. The first-order valence-corrected chi connectivity index (χ1v) is 7.83. The molecule has 1 aromatic carbocycles. The van der Waals surface area contributed by atoms with E-state index in [1.807, 2.05) is 0 Å². The number of amides is 1. The smallest absolute Gasteiger partial charge is 0.387 e. The number of benzene rings is 1. The Morgan fingerprint density at radius 3 is 2.35 bits per heavy atom. The van der Waals surface area contributed by atoms with E-state index >= 15 is 0 Å². The van der Waals surface area contributed by atoms with Crippen LogP contribution in [-0.2, 0) is 9.53 Å². The highest BCUT2D eigenvalue weighted by atomic mass is 19.3. The lowest BCUT2D eigenvalue weighted by Gasteiger charge is -2.15. The number of anilines is 1. The molecule has 0 aliphatic heterocycles. The molecule has 1 heterocycles. The van der Waals surface area contributed by atoms with E-state index in [1.165, 1.54) is 25.1 Å². The van der Waals surface area contributed by atoms with Crippen LogP contribution in [0.3, 0.4) is 0 Å². The van der Waals surface area contributed by atoms with Crippen molar-refractivity contribution in [1.29, 1.82) is 0 Å². The number of halogens is 2. The van der Waals surface area contributed by atoms with Gasteiger partial charge in [0.1, 0.15) is 22.8 Å². The van der Waals surface area contributed by atoms with Gasteiger partial charge >= 0.3 is 12.6 Å². The minimum absolute atomic E-state index is 0.0483. The molecule has 0 radical (unpaired) electrons. The van der Waals surface area contributed by atoms with Gasteiger partial charge in [0.15, 0.2) is 6.10 Å². The first-order chi connectivity index (χ1) is 12.2. The van der Waals surface area contributed by atoms with Gasteiger partial charge in [0.25, 0.3) is 5.91 Å². The lowest BCUT2D eigenvalue weighted by atomic mass is 10.1. The molecule has 26 heavy (non-hydrogen) atoms. The van der Waals surface area contributed by atoms with Crippen molar-refractivity contribution in [3.05, 3.63) is 46.9 Å². The highest BCUT2D eigenvalue weighted by molar-refractivity contribution is 5.99. The molecule has 0 bridgehead atoms. The predicted molar refractivity (Wildman–Crippen MR) is 89.5 cm³/mol. The summed E-state index contributed by atoms with van der Waals surface area (Å²) < 4.78 is 39.7. The van der Waals surface area contributed by atoms with E-state index in [-0.39, 0.29) is 17.0 Å². The van der Waals surface area contributed by atoms with Crippen LogP contribution in [0.25, 0.3) is 0 Å². The topological polar surface area (TPSA) is 77.8 Å². The van der Waals surface area contributed by atoms with Crippen LogP contribution in [0.1, 0.15) is 34.4 Å². The number of esters is 1. The van der Waals surface area contributed by atoms with Gasteiger partial charge in [0, 0.05) is 5.56 Å². The summed E-state index contributed by atoms with van der Waals surface area (Å²) in [4.78, 5) is 24.5. The number of alkyl halides is 2. The molecule has 6 nitrogen and oxygen atoms in total. The SMILES string of the molecule is Cc1oc(C)c(C(=O)O[C@@H](C)C(=O)Nc2ccccc2OC(F)F)c1C. The number of carbonyl (C=O) groups is 2. The Hall–Kier alpha value is -2.90. The number of nitrogens with one attached hydrogen (secondary N) is 1. The first-order valence-electron chi connectivity index (χ1n) is 7.83. The Kier molecular flexibility index (Phi) is 5.97. The Bertz CT molecular complexity index is 816. The van der Waals surface area contributed by atoms with E-state index < -0.39 is 24.6 Å². The highest BCUT2D eigenvalue weighted by Crippen LogP contribution is 2.26. The maximum absolute atomic E-state index is 12.4. The number of hydrogen-bond donors (Lipinski definition) is 1. The second-order valence-electron chi connectivity index (χ2n) is 5.63. The van der Waals surface area contributed by atoms with E-state index in [9.17, 15) is 18.4 Å². The maximum atomic E-state index is 12.4. The summed E-state index contributed by atoms with van der Waals surface area (Å²) in [7, 11) is 0. The minimum Gasteiger partial charge on any atom is -0.465 e. The van der Waals surface area contributed by atoms with E-state index in [0.717, 1.165) is 0 Å². The summed E-state index contributed by atoms with van der Waals surface area (Å²) in [6, 6.07) is 5.73. The van der Waals surface area contributed by atoms with Gasteiger partial charge in [0.05, 0.1) is 5.69 Å². The van der Waals surface area contributed by atoms with Crippen molar-refractivity contribution in [2.75, 3.05) is 5.32 Å². The summed E-state index contributed by atoms with van der Waals surface area (Å²) in [5.41, 5.74) is 0.951. The van der Waals surface area contributed by atoms with Gasteiger partial charge in [-0.05, 0) is 39.8 Å². The van der Waals surface area contributed by atoms with Crippen LogP contribution < -0.4 is 10.1 Å². The number of aryl methyl sites for hydroxylation is 2. The Balaban J connectivity index is 2.08. The van der Waals surface area contributed by atoms with Crippen molar-refractivity contribution in [1.82, 2.24) is 0 Å². The second-order valence-corrected chi connectivity index (χ2v) is 5.63. The monoisotopic (exact) mass is 367 g/mol. The number of rotatable bonds is 6. The molecule has 0 saturated carbocycles. The van der Waals surface area contributed by atoms with Crippen LogP contribution >= 0.6 is 0 Å². The zero-order valence-corrected chi connectivity index (χ0v) is 14.8. The third-order valence-electron chi connectivity index (χ3n) is 3.78. The Morgan fingerprint density at radius 2 is 1.77 bits per heavy atom. The van der Waals surface area contributed by atoms with Gasteiger partial charge in [-0.2, -0.15) is 8.78 Å².